The molecule has 0 aliphatic carbocycles. The number of ether oxygens (including phenoxy) is 1. The second kappa shape index (κ2) is 9.41. The Bertz CT molecular complexity index is 1210. The number of sulfonamides is 1. The number of benzene rings is 3. The molecular weight excluding hydrogens is 436 g/mol. The third-order valence-electron chi connectivity index (χ3n) is 4.55. The summed E-state index contributed by atoms with van der Waals surface area (Å²) < 4.78 is 33.5. The van der Waals surface area contributed by atoms with Crippen molar-refractivity contribution in [1.82, 2.24) is 0 Å². The monoisotopic (exact) mass is 458 g/mol. The van der Waals surface area contributed by atoms with E-state index < -0.39 is 15.9 Å². The summed E-state index contributed by atoms with van der Waals surface area (Å²) in [4.78, 5) is 12.7. The first-order valence-electron chi connectivity index (χ1n) is 9.63. The number of carbonyl (C=O) groups excluding carboxylic acids is 1. The summed E-state index contributed by atoms with van der Waals surface area (Å²) in [5, 5.41) is 2.96. The Kier molecular flexibility index (Phi) is 6.87. The summed E-state index contributed by atoms with van der Waals surface area (Å²) in [6.07, 6.45) is 0. The zero-order valence-electron chi connectivity index (χ0n) is 17.4. The van der Waals surface area contributed by atoms with E-state index in [0.29, 0.717) is 23.7 Å². The van der Waals surface area contributed by atoms with E-state index >= 15 is 0 Å². The van der Waals surface area contributed by atoms with Gasteiger partial charge in [-0.1, -0.05) is 23.7 Å². The number of rotatable bonds is 7. The van der Waals surface area contributed by atoms with Crippen LogP contribution in [0.3, 0.4) is 0 Å². The Morgan fingerprint density at radius 3 is 2.39 bits per heavy atom. The van der Waals surface area contributed by atoms with Crippen molar-refractivity contribution in [3.05, 3.63) is 82.4 Å². The van der Waals surface area contributed by atoms with Gasteiger partial charge < -0.3 is 10.1 Å². The Labute approximate surface area is 187 Å². The number of hydrogen-bond donors (Lipinski definition) is 2. The fourth-order valence-corrected chi connectivity index (χ4v) is 4.19. The lowest BCUT2D eigenvalue weighted by molar-refractivity contribution is 0.102. The van der Waals surface area contributed by atoms with Crippen LogP contribution in [0, 0.1) is 13.8 Å². The first kappa shape index (κ1) is 22.7. The van der Waals surface area contributed by atoms with E-state index in [0.717, 1.165) is 11.1 Å². The minimum atomic E-state index is -3.93. The summed E-state index contributed by atoms with van der Waals surface area (Å²) in [5.41, 5.74) is 2.96. The predicted octanol–water partition coefficient (Wildman–Crippen LogP) is 5.41. The predicted molar refractivity (Wildman–Crippen MR) is 124 cm³/mol. The summed E-state index contributed by atoms with van der Waals surface area (Å²) in [6, 6.07) is 16.2. The minimum absolute atomic E-state index is 0.0668. The molecule has 0 unspecified atom stereocenters. The average molecular weight is 459 g/mol. The fourth-order valence-electron chi connectivity index (χ4n) is 2.91. The second-order valence-electron chi connectivity index (χ2n) is 6.98. The highest BCUT2D eigenvalue weighted by Crippen LogP contribution is 2.25. The van der Waals surface area contributed by atoms with Crippen LogP contribution in [0.4, 0.5) is 11.4 Å². The standard InChI is InChI=1S/C23H23ClN2O4S/c1-4-30-18-9-7-17(8-10-18)26-31(28,29)19-11-12-21(24)20(14-19)23(27)25-22-13-15(2)5-6-16(22)3/h5-14,26H,4H2,1-3H3,(H,25,27). The molecule has 0 heterocycles. The smallest absolute Gasteiger partial charge is 0.261 e. The van der Waals surface area contributed by atoms with Crippen molar-refractivity contribution in [2.75, 3.05) is 16.6 Å². The maximum atomic E-state index is 12.8. The largest absolute Gasteiger partial charge is 0.494 e. The lowest BCUT2D eigenvalue weighted by atomic mass is 10.1. The first-order chi connectivity index (χ1) is 14.7. The van der Waals surface area contributed by atoms with Crippen molar-refractivity contribution in [2.24, 2.45) is 0 Å². The summed E-state index contributed by atoms with van der Waals surface area (Å²) in [5.74, 6) is 0.152. The van der Waals surface area contributed by atoms with Crippen LogP contribution in [0.25, 0.3) is 0 Å². The molecule has 0 radical (unpaired) electrons. The quantitative estimate of drug-likeness (QED) is 0.495. The number of anilines is 2. The van der Waals surface area contributed by atoms with Gasteiger partial charge >= 0.3 is 0 Å². The van der Waals surface area contributed by atoms with Crippen molar-refractivity contribution in [3.63, 3.8) is 0 Å². The molecule has 0 atom stereocenters. The molecule has 162 valence electrons. The van der Waals surface area contributed by atoms with Crippen LogP contribution in [0.1, 0.15) is 28.4 Å². The summed E-state index contributed by atoms with van der Waals surface area (Å²) in [7, 11) is -3.93. The van der Waals surface area contributed by atoms with E-state index in [-0.39, 0.29) is 15.5 Å². The Hall–Kier alpha value is -3.03. The van der Waals surface area contributed by atoms with Gasteiger partial charge in [0.2, 0.25) is 0 Å². The van der Waals surface area contributed by atoms with Crippen LogP contribution in [0.15, 0.2) is 65.6 Å². The van der Waals surface area contributed by atoms with Gasteiger partial charge in [-0.3, -0.25) is 9.52 Å². The third-order valence-corrected chi connectivity index (χ3v) is 6.26. The van der Waals surface area contributed by atoms with Crippen molar-refractivity contribution in [2.45, 2.75) is 25.7 Å². The molecule has 31 heavy (non-hydrogen) atoms. The molecule has 8 heteroatoms. The summed E-state index contributed by atoms with van der Waals surface area (Å²) >= 11 is 6.20. The fraction of sp³-hybridized carbons (Fsp3) is 0.174. The van der Waals surface area contributed by atoms with E-state index in [1.807, 2.05) is 39.0 Å². The topological polar surface area (TPSA) is 84.5 Å². The van der Waals surface area contributed by atoms with E-state index in [1.165, 1.54) is 18.2 Å². The van der Waals surface area contributed by atoms with Gasteiger partial charge in [-0.25, -0.2) is 8.42 Å². The highest BCUT2D eigenvalue weighted by atomic mass is 35.5. The lowest BCUT2D eigenvalue weighted by Crippen LogP contribution is -2.17. The highest BCUT2D eigenvalue weighted by molar-refractivity contribution is 7.92. The lowest BCUT2D eigenvalue weighted by Gasteiger charge is -2.13. The zero-order chi connectivity index (χ0) is 22.6. The highest BCUT2D eigenvalue weighted by Gasteiger charge is 2.19. The molecule has 0 saturated carbocycles. The van der Waals surface area contributed by atoms with E-state index in [1.54, 1.807) is 24.3 Å². The van der Waals surface area contributed by atoms with Crippen LogP contribution >= 0.6 is 11.6 Å². The van der Waals surface area contributed by atoms with Crippen molar-refractivity contribution < 1.29 is 17.9 Å². The van der Waals surface area contributed by atoms with Gasteiger partial charge in [-0.2, -0.15) is 0 Å². The van der Waals surface area contributed by atoms with Crippen LogP contribution in [-0.4, -0.2) is 20.9 Å². The maximum absolute atomic E-state index is 12.8. The Morgan fingerprint density at radius 1 is 1.00 bits per heavy atom. The number of halogens is 1. The molecule has 6 nitrogen and oxygen atoms in total. The number of carbonyl (C=O) groups is 1. The third kappa shape index (κ3) is 5.57. The van der Waals surface area contributed by atoms with Crippen LogP contribution < -0.4 is 14.8 Å². The number of hydrogen-bond acceptors (Lipinski definition) is 4. The summed E-state index contributed by atoms with van der Waals surface area (Å²) in [6.45, 7) is 6.17. The van der Waals surface area contributed by atoms with Crippen molar-refractivity contribution in [1.29, 1.82) is 0 Å². The Balaban J connectivity index is 1.85. The van der Waals surface area contributed by atoms with Gasteiger partial charge in [0.1, 0.15) is 5.75 Å². The van der Waals surface area contributed by atoms with Crippen molar-refractivity contribution in [3.8, 4) is 5.75 Å². The molecule has 3 aromatic rings. The van der Waals surface area contributed by atoms with Crippen molar-refractivity contribution >= 4 is 38.9 Å². The molecule has 1 amide bonds. The average Bonchev–Trinajstić information content (AvgIpc) is 2.72. The molecule has 0 aliphatic rings. The molecule has 0 aliphatic heterocycles. The number of nitrogens with one attached hydrogen (secondary N) is 2. The normalized spacial score (nSPS) is 11.1. The number of amides is 1. The van der Waals surface area contributed by atoms with E-state index in [9.17, 15) is 13.2 Å². The van der Waals surface area contributed by atoms with E-state index in [4.69, 9.17) is 16.3 Å². The van der Waals surface area contributed by atoms with Gasteiger partial charge in [0.25, 0.3) is 15.9 Å². The molecule has 0 aromatic heterocycles. The molecule has 0 fully saturated rings. The SMILES string of the molecule is CCOc1ccc(NS(=O)(=O)c2ccc(Cl)c(C(=O)Nc3cc(C)ccc3C)c2)cc1. The zero-order valence-corrected chi connectivity index (χ0v) is 19.0. The number of aryl methyl sites for hydroxylation is 2. The maximum Gasteiger partial charge on any atom is 0.261 e. The molecule has 3 rings (SSSR count). The Morgan fingerprint density at radius 2 is 1.71 bits per heavy atom. The second-order valence-corrected chi connectivity index (χ2v) is 9.07. The van der Waals surface area contributed by atoms with Gasteiger partial charge in [-0.05, 0) is 80.4 Å². The first-order valence-corrected chi connectivity index (χ1v) is 11.5. The van der Waals surface area contributed by atoms with Crippen LogP contribution in [-0.2, 0) is 10.0 Å². The molecule has 2 N–H and O–H groups in total. The van der Waals surface area contributed by atoms with E-state index in [2.05, 4.69) is 10.0 Å². The molecule has 0 spiro atoms. The van der Waals surface area contributed by atoms with Gasteiger partial charge in [0, 0.05) is 11.4 Å². The molecule has 0 saturated heterocycles. The van der Waals surface area contributed by atoms with Crippen LogP contribution in [0.5, 0.6) is 5.75 Å². The van der Waals surface area contributed by atoms with Crippen LogP contribution in [0.2, 0.25) is 5.02 Å². The molecule has 0 bridgehead atoms. The minimum Gasteiger partial charge on any atom is -0.494 e. The van der Waals surface area contributed by atoms with Gasteiger partial charge in [0.15, 0.2) is 0 Å². The van der Waals surface area contributed by atoms with Gasteiger partial charge in [0.05, 0.1) is 22.1 Å². The molecule has 3 aromatic carbocycles. The van der Waals surface area contributed by atoms with Gasteiger partial charge in [-0.15, -0.1) is 0 Å². The molecular formula is C23H23ClN2O4S.